The summed E-state index contributed by atoms with van der Waals surface area (Å²) >= 11 is 5.93. The number of nitrogens with zero attached hydrogens (tertiary/aromatic N) is 1. The molecule has 1 aromatic rings. The van der Waals surface area contributed by atoms with Crippen molar-refractivity contribution in [2.45, 2.75) is 70.8 Å². The summed E-state index contributed by atoms with van der Waals surface area (Å²) in [5.41, 5.74) is 0.276. The normalized spacial score (nSPS) is 17.0. The first-order chi connectivity index (χ1) is 11.8. The Morgan fingerprint density at radius 2 is 1.92 bits per heavy atom. The summed E-state index contributed by atoms with van der Waals surface area (Å²) in [7, 11) is 0. The van der Waals surface area contributed by atoms with Crippen molar-refractivity contribution in [3.8, 4) is 5.75 Å². The van der Waals surface area contributed by atoms with Gasteiger partial charge in [0.1, 0.15) is 5.75 Å². The number of Topliss-reactive ketones (excluding diaryl/α,β-unsaturated/α-hetero) is 1. The van der Waals surface area contributed by atoms with E-state index < -0.39 is 11.0 Å². The molecule has 1 aromatic carbocycles. The highest BCUT2D eigenvalue weighted by molar-refractivity contribution is 6.33. The Morgan fingerprint density at radius 1 is 1.24 bits per heavy atom. The number of fused-ring (bicyclic) bond motifs is 1. The van der Waals surface area contributed by atoms with Crippen LogP contribution in [0, 0.1) is 0 Å². The SMILES string of the molecule is CCCCCCCN1C(=O)C(C)(C)Oc2ccc(C(=O)C(C)Cl)cc21. The van der Waals surface area contributed by atoms with Crippen molar-refractivity contribution in [1.29, 1.82) is 0 Å². The number of hydrogen-bond acceptors (Lipinski definition) is 3. The first kappa shape index (κ1) is 19.8. The zero-order valence-corrected chi connectivity index (χ0v) is 16.4. The van der Waals surface area contributed by atoms with E-state index in [1.54, 1.807) is 43.9 Å². The van der Waals surface area contributed by atoms with Crippen LogP contribution < -0.4 is 9.64 Å². The van der Waals surface area contributed by atoms with Crippen LogP contribution in [0.1, 0.15) is 70.2 Å². The second kappa shape index (κ2) is 8.22. The zero-order chi connectivity index (χ0) is 18.6. The van der Waals surface area contributed by atoms with Crippen molar-refractivity contribution in [3.63, 3.8) is 0 Å². The van der Waals surface area contributed by atoms with Crippen molar-refractivity contribution in [2.75, 3.05) is 11.4 Å². The molecule has 0 bridgehead atoms. The summed E-state index contributed by atoms with van der Waals surface area (Å²) in [6, 6.07) is 5.21. The van der Waals surface area contributed by atoms with Gasteiger partial charge in [0.2, 0.25) is 0 Å². The number of ether oxygens (including phenoxy) is 1. The molecule has 1 heterocycles. The molecule has 0 fully saturated rings. The van der Waals surface area contributed by atoms with Gasteiger partial charge in [-0.25, -0.2) is 0 Å². The van der Waals surface area contributed by atoms with E-state index in [1.807, 2.05) is 0 Å². The van der Waals surface area contributed by atoms with Gasteiger partial charge in [0.25, 0.3) is 5.91 Å². The second-order valence-electron chi connectivity index (χ2n) is 7.15. The lowest BCUT2D eigenvalue weighted by Gasteiger charge is -2.39. The Balaban J connectivity index is 2.26. The lowest BCUT2D eigenvalue weighted by atomic mass is 10.0. The molecule has 2 rings (SSSR count). The van der Waals surface area contributed by atoms with Crippen LogP contribution in [-0.4, -0.2) is 29.2 Å². The molecule has 0 radical (unpaired) electrons. The van der Waals surface area contributed by atoms with E-state index in [0.29, 0.717) is 23.5 Å². The molecule has 0 aliphatic carbocycles. The van der Waals surface area contributed by atoms with Gasteiger partial charge in [-0.3, -0.25) is 9.59 Å². The number of carbonyl (C=O) groups excluding carboxylic acids is 2. The third-order valence-corrected chi connectivity index (χ3v) is 4.70. The predicted octanol–water partition coefficient (Wildman–Crippen LogP) is 4.97. The van der Waals surface area contributed by atoms with Crippen molar-refractivity contribution >= 4 is 29.0 Å². The predicted molar refractivity (Wildman–Crippen MR) is 102 cm³/mol. The quantitative estimate of drug-likeness (QED) is 0.371. The van der Waals surface area contributed by atoms with Crippen molar-refractivity contribution in [1.82, 2.24) is 0 Å². The number of alkyl halides is 1. The van der Waals surface area contributed by atoms with E-state index in [9.17, 15) is 9.59 Å². The highest BCUT2D eigenvalue weighted by atomic mass is 35.5. The Kier molecular flexibility index (Phi) is 6.50. The summed E-state index contributed by atoms with van der Waals surface area (Å²) in [4.78, 5) is 26.8. The maximum Gasteiger partial charge on any atom is 0.270 e. The van der Waals surface area contributed by atoms with Gasteiger partial charge in [0.15, 0.2) is 11.4 Å². The molecule has 1 aliphatic rings. The lowest BCUT2D eigenvalue weighted by molar-refractivity contribution is -0.132. The average molecular weight is 366 g/mol. The fourth-order valence-electron chi connectivity index (χ4n) is 3.05. The Hall–Kier alpha value is -1.55. The molecule has 0 N–H and O–H groups in total. The molecular weight excluding hydrogens is 338 g/mol. The fraction of sp³-hybridized carbons (Fsp3) is 0.600. The molecule has 138 valence electrons. The van der Waals surface area contributed by atoms with Crippen LogP contribution in [0.3, 0.4) is 0 Å². The van der Waals surface area contributed by atoms with Gasteiger partial charge in [0.05, 0.1) is 11.1 Å². The molecule has 0 saturated carbocycles. The zero-order valence-electron chi connectivity index (χ0n) is 15.6. The third-order valence-electron chi connectivity index (χ3n) is 4.51. The molecular formula is C20H28ClNO3. The number of halogens is 1. The summed E-state index contributed by atoms with van der Waals surface area (Å²) in [6.45, 7) is 8.03. The van der Waals surface area contributed by atoms with Crippen LogP contribution in [0.15, 0.2) is 18.2 Å². The van der Waals surface area contributed by atoms with Gasteiger partial charge in [0, 0.05) is 12.1 Å². The Bertz CT molecular complexity index is 640. The first-order valence-corrected chi connectivity index (χ1v) is 9.55. The number of amides is 1. The lowest BCUT2D eigenvalue weighted by Crippen LogP contribution is -2.52. The van der Waals surface area contributed by atoms with Gasteiger partial charge in [-0.1, -0.05) is 32.6 Å². The molecule has 25 heavy (non-hydrogen) atoms. The van der Waals surface area contributed by atoms with Crippen LogP contribution in [0.4, 0.5) is 5.69 Å². The summed E-state index contributed by atoms with van der Waals surface area (Å²) in [5, 5.41) is -0.600. The number of anilines is 1. The minimum atomic E-state index is -0.901. The minimum Gasteiger partial charge on any atom is -0.476 e. The topological polar surface area (TPSA) is 46.6 Å². The number of ketones is 1. The smallest absolute Gasteiger partial charge is 0.270 e. The number of hydrogen-bond donors (Lipinski definition) is 0. The Morgan fingerprint density at radius 3 is 2.56 bits per heavy atom. The number of benzene rings is 1. The maximum absolute atomic E-state index is 12.8. The summed E-state index contributed by atoms with van der Waals surface area (Å²) in [6.07, 6.45) is 5.60. The van der Waals surface area contributed by atoms with Gasteiger partial charge >= 0.3 is 0 Å². The van der Waals surface area contributed by atoms with Crippen LogP contribution in [0.25, 0.3) is 0 Å². The number of rotatable bonds is 8. The van der Waals surface area contributed by atoms with Crippen LogP contribution in [-0.2, 0) is 4.79 Å². The third kappa shape index (κ3) is 4.55. The van der Waals surface area contributed by atoms with E-state index >= 15 is 0 Å². The van der Waals surface area contributed by atoms with Gasteiger partial charge in [-0.2, -0.15) is 0 Å². The van der Waals surface area contributed by atoms with E-state index in [1.165, 1.54) is 19.3 Å². The Labute approximate surface area is 155 Å². The van der Waals surface area contributed by atoms with Crippen LogP contribution in [0.5, 0.6) is 5.75 Å². The first-order valence-electron chi connectivity index (χ1n) is 9.11. The van der Waals surface area contributed by atoms with E-state index in [0.717, 1.165) is 12.8 Å². The molecule has 1 amide bonds. The maximum atomic E-state index is 12.8. The average Bonchev–Trinajstić information content (AvgIpc) is 2.56. The van der Waals surface area contributed by atoms with Crippen molar-refractivity contribution in [3.05, 3.63) is 23.8 Å². The van der Waals surface area contributed by atoms with Crippen LogP contribution in [0.2, 0.25) is 0 Å². The van der Waals surface area contributed by atoms with Gasteiger partial charge in [-0.15, -0.1) is 11.6 Å². The highest BCUT2D eigenvalue weighted by Crippen LogP contribution is 2.39. The summed E-state index contributed by atoms with van der Waals surface area (Å²) in [5.74, 6) is 0.417. The second-order valence-corrected chi connectivity index (χ2v) is 7.80. The van der Waals surface area contributed by atoms with Crippen molar-refractivity contribution in [2.24, 2.45) is 0 Å². The number of carbonyl (C=O) groups is 2. The highest BCUT2D eigenvalue weighted by Gasteiger charge is 2.40. The van der Waals surface area contributed by atoms with E-state index in [-0.39, 0.29) is 11.7 Å². The molecule has 5 heteroatoms. The van der Waals surface area contributed by atoms with E-state index in [2.05, 4.69) is 6.92 Å². The minimum absolute atomic E-state index is 0.0704. The molecule has 0 spiro atoms. The fourth-order valence-corrected chi connectivity index (χ4v) is 3.17. The summed E-state index contributed by atoms with van der Waals surface area (Å²) < 4.78 is 5.87. The van der Waals surface area contributed by atoms with Crippen molar-refractivity contribution < 1.29 is 14.3 Å². The van der Waals surface area contributed by atoms with E-state index in [4.69, 9.17) is 16.3 Å². The number of unbranched alkanes of at least 4 members (excludes halogenated alkanes) is 4. The van der Waals surface area contributed by atoms with Gasteiger partial charge < -0.3 is 9.64 Å². The molecule has 0 saturated heterocycles. The molecule has 0 aromatic heterocycles. The molecule has 1 aliphatic heterocycles. The van der Waals surface area contributed by atoms with Gasteiger partial charge in [-0.05, 0) is 45.4 Å². The largest absolute Gasteiger partial charge is 0.476 e. The molecule has 1 atom stereocenters. The standard InChI is InChI=1S/C20H28ClNO3/c1-5-6-7-8-9-12-22-16-13-15(18(23)14(2)21)10-11-17(16)25-20(3,4)19(22)24/h10-11,13-14H,5-9,12H2,1-4H3. The molecule has 4 nitrogen and oxygen atoms in total. The molecule has 1 unspecified atom stereocenters. The monoisotopic (exact) mass is 365 g/mol. The van der Waals surface area contributed by atoms with Crippen LogP contribution >= 0.6 is 11.6 Å².